The summed E-state index contributed by atoms with van der Waals surface area (Å²) in [5, 5.41) is 28.3. The van der Waals surface area contributed by atoms with E-state index in [0.717, 1.165) is 114 Å². The highest BCUT2D eigenvalue weighted by Crippen LogP contribution is 2.31. The Morgan fingerprint density at radius 1 is 0.538 bits per heavy atom. The van der Waals surface area contributed by atoms with Crippen LogP contribution < -0.4 is 5.32 Å². The van der Waals surface area contributed by atoms with Gasteiger partial charge in [-0.3, -0.25) is 15.3 Å². The highest BCUT2D eigenvalue weighted by molar-refractivity contribution is 8.17. The number of thiol groups is 8. The van der Waals surface area contributed by atoms with Gasteiger partial charge in [0, 0.05) is 52.0 Å². The molecule has 11 aromatic rings. The van der Waals surface area contributed by atoms with Crippen molar-refractivity contribution in [2.75, 3.05) is 17.3 Å². The minimum Gasteiger partial charge on any atom is -0.366 e. The number of thiazole rings is 3. The molecule has 1 aliphatic rings. The first-order valence-corrected chi connectivity index (χ1v) is 42.7. The first-order valence-electron chi connectivity index (χ1n) is 26.2. The van der Waals surface area contributed by atoms with Crippen LogP contribution >= 0.6 is 312 Å². The second-order valence-electron chi connectivity index (χ2n) is 18.0. The summed E-state index contributed by atoms with van der Waals surface area (Å²) in [6.07, 6.45) is 8.16. The number of aryl methyl sites for hydroxylation is 2. The minimum atomic E-state index is 0.116. The van der Waals surface area contributed by atoms with Crippen LogP contribution in [0.15, 0.2) is 152 Å². The average molecular weight is 1700 g/mol. The van der Waals surface area contributed by atoms with E-state index in [0.29, 0.717) is 0 Å². The second kappa shape index (κ2) is 49.4. The van der Waals surface area contributed by atoms with E-state index in [1.165, 1.54) is 73.3 Å². The smallest absolute Gasteiger partial charge is 0.177 e. The maximum atomic E-state index is 5.00. The normalized spacial score (nSPS) is 10.8. The monoisotopic (exact) mass is 1700 g/mol. The van der Waals surface area contributed by atoms with Gasteiger partial charge in [-0.05, 0) is 165 Å². The number of H-pyrrole nitrogens is 6. The molecule has 10 nitrogen and oxygen atoms in total. The number of unbranched alkanes of at least 4 members (excludes halogenated alkanes) is 1. The van der Waals surface area contributed by atoms with Gasteiger partial charge < -0.3 is 20.3 Å². The molecule has 91 heavy (non-hydrogen) atoms. The molecule has 0 unspecified atom stereocenters. The Bertz CT molecular complexity index is 3940. The van der Waals surface area contributed by atoms with Gasteiger partial charge in [0.1, 0.15) is 5.01 Å². The zero-order valence-corrected chi connectivity index (χ0v) is 71.0. The Morgan fingerprint density at radius 2 is 1.10 bits per heavy atom. The standard InChI is InChI=1S/C9H8N2S2.C7H11NS3.C7H5NS2.C6H10N2S3.C5H8N2S4.C5H6S2.C4H5NS3.C4H5NS2.C4H4S3.C4H4S2/c12-9-11-10-8(13-9)6-7-4-2-1-3-5-7;1-7(2,3)4-5(9)11-6(10)8-4;9-7-8-5-3-1-2-4-6(5)10-7;1-2-3-4-10-6-8-7-5(9)11-6;8-2-1-3-10-5-7-6-4(9)11-5;1-4-2-3-5(6)7-4;1-2-3(6)8-4(7)5-2;6-4-3-5-1-2-7-4;5-3-1-2-4(6)7-3;5-4-2-1-3-6-4/h1-5H,6H2,(H,11,12);9H,1-3H3,(H,8,10);1-4H,(H,8,9);2-4H2,1H3,(H,7,9);8H,1-3H2,(H,6,9);2-3,6H,1H3;6H,1H3,(H,5,7);1-3,5-6H;1-2,5-6H;1-3,5H. The Balaban J connectivity index is 0.000000266. The predicted octanol–water partition coefficient (Wildman–Crippen LogP) is 25.5. The van der Waals surface area contributed by atoms with E-state index in [4.69, 9.17) is 73.3 Å². The van der Waals surface area contributed by atoms with Crippen LogP contribution in [0.25, 0.3) is 10.2 Å². The fraction of sp³-hybridized carbons (Fsp3) is 0.255. The third kappa shape index (κ3) is 40.5. The molecule has 0 saturated carbocycles. The van der Waals surface area contributed by atoms with Crippen molar-refractivity contribution >= 4 is 322 Å². The van der Waals surface area contributed by atoms with E-state index in [2.05, 4.69) is 211 Å². The van der Waals surface area contributed by atoms with Crippen LogP contribution in [0.4, 0.5) is 0 Å². The number of aromatic amines is 6. The third-order valence-electron chi connectivity index (χ3n) is 9.65. The molecule has 0 radical (unpaired) electrons. The number of hydrogen-bond donors (Lipinski definition) is 15. The number of fused-ring (bicyclic) bond motifs is 1. The second-order valence-corrected chi connectivity index (χ2v) is 41.0. The van der Waals surface area contributed by atoms with Crippen LogP contribution in [-0.2, 0) is 11.8 Å². The molecular weight excluding hydrogens is 1630 g/mol. The molecule has 0 aliphatic carbocycles. The van der Waals surface area contributed by atoms with Crippen LogP contribution in [0.1, 0.15) is 73.8 Å². The van der Waals surface area contributed by atoms with E-state index in [1.54, 1.807) is 92.0 Å². The van der Waals surface area contributed by atoms with Gasteiger partial charge in [0.05, 0.1) is 39.7 Å². The van der Waals surface area contributed by atoms with Gasteiger partial charge in [-0.1, -0.05) is 175 Å². The summed E-state index contributed by atoms with van der Waals surface area (Å²) in [4.78, 5) is 10.5. The largest absolute Gasteiger partial charge is 0.366 e. The first-order chi connectivity index (χ1) is 43.3. The lowest BCUT2D eigenvalue weighted by molar-refractivity contribution is 0.562. The van der Waals surface area contributed by atoms with E-state index in [9.17, 15) is 0 Å². The van der Waals surface area contributed by atoms with Crippen molar-refractivity contribution in [1.29, 1.82) is 0 Å². The Hall–Kier alpha value is -0.180. The number of benzene rings is 2. The molecule has 492 valence electrons. The molecule has 10 heterocycles. The zero-order chi connectivity index (χ0) is 67.1. The van der Waals surface area contributed by atoms with Crippen LogP contribution in [0, 0.1) is 37.6 Å². The maximum Gasteiger partial charge on any atom is 0.177 e. The first kappa shape index (κ1) is 85.0. The van der Waals surface area contributed by atoms with E-state index in [1.807, 2.05) is 96.8 Å². The number of thiophene rings is 3. The van der Waals surface area contributed by atoms with Gasteiger partial charge in [0.2, 0.25) is 0 Å². The molecule has 36 heteroatoms. The lowest BCUT2D eigenvalue weighted by Crippen LogP contribution is -2.12. The molecule has 0 bridgehead atoms. The molecule has 0 saturated heterocycles. The van der Waals surface area contributed by atoms with Crippen molar-refractivity contribution in [3.63, 3.8) is 0 Å². The van der Waals surface area contributed by atoms with Gasteiger partial charge in [0.15, 0.2) is 32.4 Å². The topological polar surface area (TPSA) is 145 Å². The minimum absolute atomic E-state index is 0.116. The third-order valence-corrected chi connectivity index (χ3v) is 25.2. The van der Waals surface area contributed by atoms with Crippen LogP contribution in [-0.4, -0.2) is 62.8 Å². The summed E-state index contributed by atoms with van der Waals surface area (Å²) in [5.74, 6) is 3.15. The van der Waals surface area contributed by atoms with Crippen molar-refractivity contribution < 1.29 is 0 Å². The van der Waals surface area contributed by atoms with Crippen LogP contribution in [0.2, 0.25) is 0 Å². The molecule has 2 aromatic carbocycles. The van der Waals surface area contributed by atoms with Gasteiger partial charge in [-0.15, -0.1) is 134 Å². The number of nitrogens with one attached hydrogen (secondary N) is 7. The van der Waals surface area contributed by atoms with E-state index in [-0.39, 0.29) is 5.41 Å². The number of hydrogen-bond acceptors (Lipinski definition) is 30. The molecule has 0 fully saturated rings. The summed E-state index contributed by atoms with van der Waals surface area (Å²) in [6, 6.07) is 30.2. The zero-order valence-electron chi connectivity index (χ0n) is 49.2. The highest BCUT2D eigenvalue weighted by Gasteiger charge is 2.18. The Labute approximate surface area is 656 Å². The molecule has 9 aromatic heterocycles. The van der Waals surface area contributed by atoms with Crippen molar-refractivity contribution in [2.45, 2.75) is 107 Å². The van der Waals surface area contributed by atoms with Crippen LogP contribution in [0.3, 0.4) is 0 Å². The number of rotatable bonds is 10. The number of para-hydroxylation sites is 1. The average Bonchev–Trinajstić information content (AvgIpc) is 2.40. The van der Waals surface area contributed by atoms with E-state index >= 15 is 0 Å². The fourth-order valence-electron chi connectivity index (χ4n) is 5.62. The molecule has 7 N–H and O–H groups in total. The Morgan fingerprint density at radius 3 is 1.45 bits per heavy atom. The van der Waals surface area contributed by atoms with Crippen molar-refractivity contribution in [3.8, 4) is 0 Å². The van der Waals surface area contributed by atoms with Crippen molar-refractivity contribution in [3.05, 3.63) is 169 Å². The molecule has 0 amide bonds. The summed E-state index contributed by atoms with van der Waals surface area (Å²) >= 11 is 81.8. The summed E-state index contributed by atoms with van der Waals surface area (Å²) < 4.78 is 15.2. The van der Waals surface area contributed by atoms with Crippen molar-refractivity contribution in [2.24, 2.45) is 0 Å². The fourth-order valence-corrected chi connectivity index (χ4v) is 19.8. The summed E-state index contributed by atoms with van der Waals surface area (Å²) in [5.41, 5.74) is 4.71. The number of thioether (sulfide) groups is 3. The lowest BCUT2D eigenvalue weighted by atomic mass is 9.93. The summed E-state index contributed by atoms with van der Waals surface area (Å²) in [6.45, 7) is 12.6. The molecular formula is C55H66N10S26. The highest BCUT2D eigenvalue weighted by atomic mass is 32.2. The van der Waals surface area contributed by atoms with Gasteiger partial charge in [0.25, 0.3) is 0 Å². The predicted molar refractivity (Wildman–Crippen MR) is 454 cm³/mol. The van der Waals surface area contributed by atoms with Gasteiger partial charge >= 0.3 is 0 Å². The molecule has 0 atom stereocenters. The van der Waals surface area contributed by atoms with E-state index < -0.39 is 0 Å². The Kier molecular flexibility index (Phi) is 46.1. The summed E-state index contributed by atoms with van der Waals surface area (Å²) in [7, 11) is 0. The number of aromatic nitrogens is 9. The number of nitrogens with zero attached hydrogens (tertiary/aromatic N) is 3. The lowest BCUT2D eigenvalue weighted by Gasteiger charge is -2.16. The molecule has 1 aliphatic heterocycles. The van der Waals surface area contributed by atoms with Crippen molar-refractivity contribution in [1.82, 2.24) is 50.9 Å². The molecule has 12 rings (SSSR count). The SMILES string of the molecule is CC(C)(C)c1[nH]c(=S)sc1S.CCCCSc1n[nH]c(=S)s1.Cc1[nH]c(=S)sc1S.Cc1ccc(S)s1.S=c1[nH]c2ccccc2s1.S=c1[nH]nc(Cc2ccccc2)s1.S=c1[nH]nc(SCCCS)s1.SC1=CNC=CS1.Sc1ccc(S)s1.Sc1cccs1. The van der Waals surface area contributed by atoms with Crippen LogP contribution in [0.5, 0.6) is 0 Å². The van der Waals surface area contributed by atoms with Gasteiger partial charge in [-0.2, -0.15) is 27.9 Å². The van der Waals surface area contributed by atoms with Gasteiger partial charge in [-0.25, -0.2) is 0 Å². The maximum absolute atomic E-state index is 5.00. The quantitative estimate of drug-likeness (QED) is 0.0273. The molecule has 0 spiro atoms.